The van der Waals surface area contributed by atoms with E-state index in [1.807, 2.05) is 0 Å². The number of hydrogen-bond donors (Lipinski definition) is 2. The van der Waals surface area contributed by atoms with Gasteiger partial charge in [0, 0.05) is 31.3 Å². The van der Waals surface area contributed by atoms with Gasteiger partial charge in [0.15, 0.2) is 17.3 Å². The minimum absolute atomic E-state index is 0.00279. The zero-order valence-electron chi connectivity index (χ0n) is 22.8. The molecule has 1 aliphatic rings. The maximum absolute atomic E-state index is 13.4. The van der Waals surface area contributed by atoms with Crippen LogP contribution in [-0.4, -0.2) is 70.9 Å². The third kappa shape index (κ3) is 7.66. The second-order valence-electron chi connectivity index (χ2n) is 10.8. The molecule has 2 N–H and O–H groups in total. The summed E-state index contributed by atoms with van der Waals surface area (Å²) in [6, 6.07) is 1.02. The van der Waals surface area contributed by atoms with E-state index in [1.54, 1.807) is 6.92 Å². The normalized spacial score (nSPS) is 20.3. The molecule has 3 rings (SSSR count). The van der Waals surface area contributed by atoms with E-state index in [-0.39, 0.29) is 47.4 Å². The summed E-state index contributed by atoms with van der Waals surface area (Å²) in [5.41, 5.74) is -2.46. The van der Waals surface area contributed by atoms with Crippen molar-refractivity contribution >= 4 is 27.3 Å². The Morgan fingerprint density at radius 3 is 2.49 bits per heavy atom. The smallest absolute Gasteiger partial charge is 0.394 e. The number of ether oxygens (including phenoxy) is 1. The monoisotopic (exact) mass is 630 g/mol. The lowest BCUT2D eigenvalue weighted by Crippen LogP contribution is -2.41. The summed E-state index contributed by atoms with van der Waals surface area (Å²) in [6.07, 6.45) is -2.98. The maximum Gasteiger partial charge on any atom is 0.394 e. The molecule has 1 amide bonds. The molecule has 2 aromatic rings. The molecule has 0 bridgehead atoms. The highest BCUT2D eigenvalue weighted by Crippen LogP contribution is 2.41. The number of hydrogen-bond acceptors (Lipinski definition) is 7. The summed E-state index contributed by atoms with van der Waals surface area (Å²) in [4.78, 5) is 21.3. The van der Waals surface area contributed by atoms with E-state index in [4.69, 9.17) is 11.6 Å². The summed E-state index contributed by atoms with van der Waals surface area (Å²) < 4.78 is 96.0. The molecule has 1 fully saturated rings. The van der Waals surface area contributed by atoms with E-state index in [2.05, 4.69) is 20.0 Å². The number of pyridine rings is 1. The fraction of sp³-hybridized carbons (Fsp3) is 0.640. The van der Waals surface area contributed by atoms with Crippen molar-refractivity contribution in [1.29, 1.82) is 0 Å². The average Bonchev–Trinajstić information content (AvgIpc) is 3.17. The van der Waals surface area contributed by atoms with Crippen molar-refractivity contribution in [2.75, 3.05) is 12.8 Å². The Morgan fingerprint density at radius 2 is 1.95 bits per heavy atom. The number of carbonyl (C=O) groups is 1. The van der Waals surface area contributed by atoms with Crippen molar-refractivity contribution in [3.05, 3.63) is 34.5 Å². The highest BCUT2D eigenvalue weighted by atomic mass is 35.5. The Balaban J connectivity index is 1.88. The molecule has 0 saturated heterocycles. The first-order chi connectivity index (χ1) is 18.9. The van der Waals surface area contributed by atoms with Gasteiger partial charge in [0.1, 0.15) is 20.8 Å². The number of nitrogens with zero attached hydrogens (tertiary/aromatic N) is 3. The Morgan fingerprint density at radius 1 is 1.29 bits per heavy atom. The summed E-state index contributed by atoms with van der Waals surface area (Å²) >= 11 is 6.46. The number of aliphatic hydroxyl groups excluding tert-OH is 1. The molecular formula is C25H32ClF5N4O5S. The van der Waals surface area contributed by atoms with E-state index >= 15 is 0 Å². The van der Waals surface area contributed by atoms with E-state index in [0.717, 1.165) is 36.9 Å². The van der Waals surface area contributed by atoms with Crippen molar-refractivity contribution in [2.45, 2.75) is 77.0 Å². The average molecular weight is 631 g/mol. The number of nitrogens with one attached hydrogen (secondary N) is 1. The summed E-state index contributed by atoms with van der Waals surface area (Å²) in [7, 11) is -3.31. The van der Waals surface area contributed by atoms with E-state index in [9.17, 15) is 40.3 Å². The van der Waals surface area contributed by atoms with Gasteiger partial charge in [0.05, 0.1) is 16.8 Å². The van der Waals surface area contributed by atoms with Crippen LogP contribution in [0.1, 0.15) is 61.9 Å². The van der Waals surface area contributed by atoms with Crippen molar-refractivity contribution in [1.82, 2.24) is 19.9 Å². The van der Waals surface area contributed by atoms with Crippen molar-refractivity contribution in [2.24, 2.45) is 11.3 Å². The first-order valence-corrected chi connectivity index (χ1v) is 15.1. The van der Waals surface area contributed by atoms with Crippen molar-refractivity contribution in [3.63, 3.8) is 0 Å². The quantitative estimate of drug-likeness (QED) is 0.370. The lowest BCUT2D eigenvalue weighted by molar-refractivity contribution is -0.211. The van der Waals surface area contributed by atoms with Gasteiger partial charge in [0.2, 0.25) is 0 Å². The highest BCUT2D eigenvalue weighted by molar-refractivity contribution is 7.91. The molecule has 0 aliphatic heterocycles. The summed E-state index contributed by atoms with van der Waals surface area (Å²) in [5.74, 6) is -1.85. The minimum atomic E-state index is -4.57. The van der Waals surface area contributed by atoms with Crippen molar-refractivity contribution < 1.29 is 45.0 Å². The zero-order chi connectivity index (χ0) is 30.9. The van der Waals surface area contributed by atoms with Gasteiger partial charge in [-0.1, -0.05) is 32.4 Å². The molecule has 1 aliphatic carbocycles. The predicted molar refractivity (Wildman–Crippen MR) is 140 cm³/mol. The van der Waals surface area contributed by atoms with Crippen LogP contribution in [0.15, 0.2) is 12.3 Å². The third-order valence-electron chi connectivity index (χ3n) is 7.19. The van der Waals surface area contributed by atoms with Crippen LogP contribution >= 0.6 is 11.6 Å². The molecule has 0 unspecified atom stereocenters. The molecule has 41 heavy (non-hydrogen) atoms. The second kappa shape index (κ2) is 12.4. The topological polar surface area (TPSA) is 123 Å². The molecule has 3 atom stereocenters. The largest absolute Gasteiger partial charge is 0.431 e. The molecule has 0 spiro atoms. The predicted octanol–water partition coefficient (Wildman–Crippen LogP) is 4.52. The van der Waals surface area contributed by atoms with Gasteiger partial charge in [-0.3, -0.25) is 9.36 Å². The number of rotatable bonds is 10. The summed E-state index contributed by atoms with van der Waals surface area (Å²) in [6.45, 7) is 0.264. The molecule has 1 saturated carbocycles. The van der Waals surface area contributed by atoms with Gasteiger partial charge in [-0.15, -0.1) is 0 Å². The maximum atomic E-state index is 13.4. The summed E-state index contributed by atoms with van der Waals surface area (Å²) in [5, 5.41) is 12.1. The van der Waals surface area contributed by atoms with E-state index in [0.29, 0.717) is 12.8 Å². The lowest BCUT2D eigenvalue weighted by Gasteiger charge is -2.32. The fourth-order valence-corrected chi connectivity index (χ4v) is 6.10. The number of aromatic nitrogens is 3. The molecule has 9 nitrogen and oxygen atoms in total. The molecule has 230 valence electrons. The Labute approximate surface area is 239 Å². The SMILES string of the molecule is CCc1nc(C(=O)NC[C@H]2CC[C@H](S(C)(=O)=O)C[C@@H]2O)c(Cl)n1-c1ncc(CC(C)(C)C(F)(F)F)cc1OC(F)F. The lowest BCUT2D eigenvalue weighted by atomic mass is 9.85. The van der Waals surface area contributed by atoms with Gasteiger partial charge in [-0.05, 0) is 37.3 Å². The third-order valence-corrected chi connectivity index (χ3v) is 9.18. The number of halogens is 6. The van der Waals surface area contributed by atoms with Crippen LogP contribution in [0, 0.1) is 11.3 Å². The van der Waals surface area contributed by atoms with Crippen molar-refractivity contribution in [3.8, 4) is 11.6 Å². The van der Waals surface area contributed by atoms with Gasteiger partial charge >= 0.3 is 12.8 Å². The van der Waals surface area contributed by atoms with Crippen LogP contribution in [-0.2, 0) is 22.7 Å². The molecule has 2 aromatic heterocycles. The van der Waals surface area contributed by atoms with Gasteiger partial charge in [-0.25, -0.2) is 18.4 Å². The van der Waals surface area contributed by atoms with Crippen LogP contribution in [0.3, 0.4) is 0 Å². The zero-order valence-corrected chi connectivity index (χ0v) is 24.4. The number of amides is 1. The van der Waals surface area contributed by atoms with Crippen LogP contribution in [0.4, 0.5) is 22.0 Å². The fourth-order valence-electron chi connectivity index (χ4n) is 4.68. The van der Waals surface area contributed by atoms with Gasteiger partial charge < -0.3 is 15.2 Å². The number of aliphatic hydroxyl groups is 1. The Kier molecular flexibility index (Phi) is 9.96. The molecule has 0 radical (unpaired) electrons. The molecule has 2 heterocycles. The number of sulfone groups is 1. The van der Waals surface area contributed by atoms with E-state index in [1.165, 1.54) is 0 Å². The second-order valence-corrected chi connectivity index (χ2v) is 13.4. The number of imidazole rings is 1. The van der Waals surface area contributed by atoms with Crippen LogP contribution < -0.4 is 10.1 Å². The number of carbonyl (C=O) groups excluding carboxylic acids is 1. The van der Waals surface area contributed by atoms with Crippen LogP contribution in [0.5, 0.6) is 5.75 Å². The van der Waals surface area contributed by atoms with Gasteiger partial charge in [-0.2, -0.15) is 22.0 Å². The molecular weight excluding hydrogens is 599 g/mol. The Hall–Kier alpha value is -2.52. The van der Waals surface area contributed by atoms with Crippen LogP contribution in [0.25, 0.3) is 5.82 Å². The van der Waals surface area contributed by atoms with Gasteiger partial charge in [0.25, 0.3) is 5.91 Å². The van der Waals surface area contributed by atoms with Crippen LogP contribution in [0.2, 0.25) is 5.15 Å². The molecule has 16 heteroatoms. The first kappa shape index (κ1) is 33.0. The number of aryl methyl sites for hydroxylation is 1. The number of alkyl halides is 5. The highest BCUT2D eigenvalue weighted by Gasteiger charge is 2.47. The minimum Gasteiger partial charge on any atom is -0.431 e. The van der Waals surface area contributed by atoms with E-state index < -0.39 is 63.4 Å². The Bertz CT molecular complexity index is 1370. The first-order valence-electron chi connectivity index (χ1n) is 12.8. The standard InChI is InChI=1S/C25H32ClF5N4O5S/c1-5-18-34-19(22(37)33-12-14-6-7-15(9-16(14)36)41(4,38)39)20(26)35(18)21-17(40-23(27)28)8-13(11-32-21)10-24(2,3)25(29,30)31/h8,11,14-16,23,36H,5-7,9-10,12H2,1-4H3,(H,33,37)/t14-,15+,16+/m1/s1. The molecule has 0 aromatic carbocycles.